The summed E-state index contributed by atoms with van der Waals surface area (Å²) in [6.45, 7) is 0. The quantitative estimate of drug-likeness (QED) is 0.448. The van der Waals surface area contributed by atoms with Crippen LogP contribution in [0.4, 0.5) is 11.4 Å². The summed E-state index contributed by atoms with van der Waals surface area (Å²) in [6.07, 6.45) is 4.91. The summed E-state index contributed by atoms with van der Waals surface area (Å²) in [5, 5.41) is 15.2. The maximum Gasteiger partial charge on any atom is 0.248 e. The molecule has 0 aliphatic heterocycles. The molecule has 122 valence electrons. The number of amides is 2. The lowest BCUT2D eigenvalue weighted by molar-refractivity contribution is -0.117. The highest BCUT2D eigenvalue weighted by molar-refractivity contribution is 6.03. The van der Waals surface area contributed by atoms with Gasteiger partial charge < -0.3 is 15.7 Å². The molecule has 0 aromatic heterocycles. The fourth-order valence-corrected chi connectivity index (χ4v) is 2.21. The van der Waals surface area contributed by atoms with E-state index in [-0.39, 0.29) is 23.5 Å². The van der Waals surface area contributed by atoms with E-state index in [0.29, 0.717) is 11.4 Å². The number of phenols is 1. The Morgan fingerprint density at radius 2 is 1.79 bits per heavy atom. The average molecular weight is 322 g/mol. The number of hydrogen-bond acceptors (Lipinski definition) is 3. The highest BCUT2D eigenvalue weighted by Crippen LogP contribution is 2.33. The molecule has 3 rings (SSSR count). The number of nitrogens with one attached hydrogen (secondary N) is 2. The largest absolute Gasteiger partial charge is 0.506 e. The molecule has 0 radical (unpaired) electrons. The highest BCUT2D eigenvalue weighted by atomic mass is 16.3. The average Bonchev–Trinajstić information content (AvgIpc) is 3.42. The number of carbonyl (C=O) groups is 2. The van der Waals surface area contributed by atoms with Crippen LogP contribution in [-0.2, 0) is 9.59 Å². The van der Waals surface area contributed by atoms with Crippen molar-refractivity contribution < 1.29 is 14.7 Å². The second-order valence-corrected chi connectivity index (χ2v) is 5.73. The summed E-state index contributed by atoms with van der Waals surface area (Å²) in [5.74, 6) is -0.375. The zero-order valence-electron chi connectivity index (χ0n) is 13.0. The number of rotatable bonds is 5. The van der Waals surface area contributed by atoms with E-state index in [1.807, 2.05) is 30.3 Å². The number of carbonyl (C=O) groups excluding carboxylic acids is 2. The van der Waals surface area contributed by atoms with Crippen LogP contribution in [0.3, 0.4) is 0 Å². The van der Waals surface area contributed by atoms with Crippen molar-refractivity contribution in [2.24, 2.45) is 5.92 Å². The van der Waals surface area contributed by atoms with Crippen LogP contribution in [0.25, 0.3) is 6.08 Å². The first-order chi connectivity index (χ1) is 11.6. The van der Waals surface area contributed by atoms with Crippen LogP contribution < -0.4 is 10.6 Å². The molecule has 2 aromatic rings. The smallest absolute Gasteiger partial charge is 0.248 e. The molecule has 0 saturated heterocycles. The van der Waals surface area contributed by atoms with E-state index in [2.05, 4.69) is 10.6 Å². The molecule has 1 aliphatic carbocycles. The third-order valence-electron chi connectivity index (χ3n) is 3.70. The standard InChI is InChI=1S/C19H18N2O3/c22-17-10-9-15(12-16(17)21-19(24)14-7-8-14)20-18(23)11-6-13-4-2-1-3-5-13/h1-6,9-12,14,22H,7-8H2,(H,20,23)(H,21,24)/b11-6+. The number of phenolic OH excluding ortho intramolecular Hbond substituents is 1. The molecule has 5 nitrogen and oxygen atoms in total. The van der Waals surface area contributed by atoms with Gasteiger partial charge in [0.25, 0.3) is 0 Å². The zero-order chi connectivity index (χ0) is 16.9. The van der Waals surface area contributed by atoms with Crippen molar-refractivity contribution in [1.29, 1.82) is 0 Å². The van der Waals surface area contributed by atoms with Crippen molar-refractivity contribution in [3.05, 3.63) is 60.2 Å². The zero-order valence-corrected chi connectivity index (χ0v) is 13.0. The summed E-state index contributed by atoms with van der Waals surface area (Å²) in [4.78, 5) is 23.8. The second kappa shape index (κ2) is 7.00. The van der Waals surface area contributed by atoms with Crippen molar-refractivity contribution >= 4 is 29.3 Å². The molecule has 1 aliphatic rings. The summed E-state index contributed by atoms with van der Waals surface area (Å²) < 4.78 is 0. The van der Waals surface area contributed by atoms with Crippen LogP contribution in [0.2, 0.25) is 0 Å². The Morgan fingerprint density at radius 1 is 1.04 bits per heavy atom. The van der Waals surface area contributed by atoms with Crippen LogP contribution in [0.15, 0.2) is 54.6 Å². The molecule has 0 atom stereocenters. The van der Waals surface area contributed by atoms with Gasteiger partial charge in [0.15, 0.2) is 0 Å². The summed E-state index contributed by atoms with van der Waals surface area (Å²) in [7, 11) is 0. The van der Waals surface area contributed by atoms with Gasteiger partial charge in [-0.05, 0) is 42.7 Å². The van der Waals surface area contributed by atoms with Crippen LogP contribution in [0, 0.1) is 5.92 Å². The predicted molar refractivity (Wildman–Crippen MR) is 93.6 cm³/mol. The van der Waals surface area contributed by atoms with E-state index in [4.69, 9.17) is 0 Å². The molecule has 24 heavy (non-hydrogen) atoms. The monoisotopic (exact) mass is 322 g/mol. The summed E-state index contributed by atoms with van der Waals surface area (Å²) >= 11 is 0. The first-order valence-electron chi connectivity index (χ1n) is 7.80. The van der Waals surface area contributed by atoms with Crippen LogP contribution in [0.1, 0.15) is 18.4 Å². The van der Waals surface area contributed by atoms with Gasteiger partial charge in [-0.3, -0.25) is 9.59 Å². The van der Waals surface area contributed by atoms with Crippen molar-refractivity contribution in [3.63, 3.8) is 0 Å². The Kier molecular flexibility index (Phi) is 4.61. The molecule has 0 unspecified atom stereocenters. The van der Waals surface area contributed by atoms with E-state index in [1.54, 1.807) is 18.2 Å². The van der Waals surface area contributed by atoms with Gasteiger partial charge in [-0.15, -0.1) is 0 Å². The lowest BCUT2D eigenvalue weighted by Crippen LogP contribution is -2.14. The first kappa shape index (κ1) is 15.8. The minimum absolute atomic E-state index is 0.0261. The fraction of sp³-hybridized carbons (Fsp3) is 0.158. The maximum absolute atomic E-state index is 12.0. The Balaban J connectivity index is 1.65. The number of hydrogen-bond donors (Lipinski definition) is 3. The maximum atomic E-state index is 12.0. The van der Waals surface area contributed by atoms with Gasteiger partial charge in [0, 0.05) is 17.7 Å². The lowest BCUT2D eigenvalue weighted by atomic mass is 10.2. The van der Waals surface area contributed by atoms with Crippen molar-refractivity contribution in [1.82, 2.24) is 0 Å². The van der Waals surface area contributed by atoms with Gasteiger partial charge >= 0.3 is 0 Å². The van der Waals surface area contributed by atoms with Crippen molar-refractivity contribution in [2.45, 2.75) is 12.8 Å². The third kappa shape index (κ3) is 4.23. The van der Waals surface area contributed by atoms with Crippen molar-refractivity contribution in [3.8, 4) is 5.75 Å². The van der Waals surface area contributed by atoms with Gasteiger partial charge in [0.1, 0.15) is 5.75 Å². The normalized spacial score (nSPS) is 13.7. The minimum Gasteiger partial charge on any atom is -0.506 e. The molecule has 5 heteroatoms. The number of anilines is 2. The molecular formula is C19H18N2O3. The van der Waals surface area contributed by atoms with Gasteiger partial charge in [-0.2, -0.15) is 0 Å². The van der Waals surface area contributed by atoms with Crippen LogP contribution in [0.5, 0.6) is 5.75 Å². The molecule has 2 amide bonds. The van der Waals surface area contributed by atoms with E-state index in [1.165, 1.54) is 12.1 Å². The Bertz CT molecular complexity index is 780. The van der Waals surface area contributed by atoms with E-state index in [0.717, 1.165) is 18.4 Å². The van der Waals surface area contributed by atoms with E-state index in [9.17, 15) is 14.7 Å². The van der Waals surface area contributed by atoms with E-state index >= 15 is 0 Å². The molecule has 2 aromatic carbocycles. The van der Waals surface area contributed by atoms with Gasteiger partial charge in [-0.25, -0.2) is 0 Å². The SMILES string of the molecule is O=C(/C=C/c1ccccc1)Nc1ccc(O)c(NC(=O)C2CC2)c1. The fourth-order valence-electron chi connectivity index (χ4n) is 2.21. The highest BCUT2D eigenvalue weighted by Gasteiger charge is 2.30. The molecule has 0 bridgehead atoms. The Hall–Kier alpha value is -3.08. The topological polar surface area (TPSA) is 78.4 Å². The van der Waals surface area contributed by atoms with Crippen LogP contribution >= 0.6 is 0 Å². The lowest BCUT2D eigenvalue weighted by Gasteiger charge is -2.09. The van der Waals surface area contributed by atoms with E-state index < -0.39 is 0 Å². The minimum atomic E-state index is -0.288. The van der Waals surface area contributed by atoms with Crippen LogP contribution in [-0.4, -0.2) is 16.9 Å². The van der Waals surface area contributed by atoms with Crippen molar-refractivity contribution in [2.75, 3.05) is 10.6 Å². The van der Waals surface area contributed by atoms with Gasteiger partial charge in [0.05, 0.1) is 5.69 Å². The molecule has 1 fully saturated rings. The Morgan fingerprint density at radius 3 is 2.50 bits per heavy atom. The predicted octanol–water partition coefficient (Wildman–Crippen LogP) is 3.39. The molecule has 0 spiro atoms. The number of benzene rings is 2. The summed E-state index contributed by atoms with van der Waals surface area (Å²) in [6, 6.07) is 14.1. The second-order valence-electron chi connectivity index (χ2n) is 5.73. The van der Waals surface area contributed by atoms with Gasteiger partial charge in [0.2, 0.25) is 11.8 Å². The molecule has 3 N–H and O–H groups in total. The number of aromatic hydroxyl groups is 1. The molecular weight excluding hydrogens is 304 g/mol. The summed E-state index contributed by atoms with van der Waals surface area (Å²) in [5.41, 5.74) is 1.73. The third-order valence-corrected chi connectivity index (χ3v) is 3.70. The first-order valence-corrected chi connectivity index (χ1v) is 7.80. The molecule has 1 saturated carbocycles. The Labute approximate surface area is 140 Å². The van der Waals surface area contributed by atoms with Gasteiger partial charge in [-0.1, -0.05) is 30.3 Å². The molecule has 0 heterocycles.